The highest BCUT2D eigenvalue weighted by atomic mass is 16.5. The first-order chi connectivity index (χ1) is 9.29. The van der Waals surface area contributed by atoms with Gasteiger partial charge in [0.05, 0.1) is 6.04 Å². The van der Waals surface area contributed by atoms with Crippen LogP contribution < -0.4 is 5.73 Å². The van der Waals surface area contributed by atoms with Crippen molar-refractivity contribution < 1.29 is 9.15 Å². The van der Waals surface area contributed by atoms with E-state index in [1.807, 2.05) is 18.2 Å². The monoisotopic (exact) mass is 257 g/mol. The molecule has 1 fully saturated rings. The lowest BCUT2D eigenvalue weighted by Crippen LogP contribution is -2.12. The number of hydrogen-bond acceptors (Lipinski definition) is 3. The van der Waals surface area contributed by atoms with Gasteiger partial charge in [0.2, 0.25) is 0 Å². The average molecular weight is 257 g/mol. The molecular weight excluding hydrogens is 238 g/mol. The molecule has 1 heterocycles. The quantitative estimate of drug-likeness (QED) is 0.894. The minimum atomic E-state index is -0.0178. The van der Waals surface area contributed by atoms with Crippen molar-refractivity contribution in [2.45, 2.75) is 25.0 Å². The summed E-state index contributed by atoms with van der Waals surface area (Å²) in [5.41, 5.74) is 7.68. The van der Waals surface area contributed by atoms with Crippen LogP contribution >= 0.6 is 0 Å². The lowest BCUT2D eigenvalue weighted by Gasteiger charge is -2.08. The topological polar surface area (TPSA) is 48.4 Å². The van der Waals surface area contributed by atoms with E-state index < -0.39 is 0 Å². The van der Waals surface area contributed by atoms with Crippen LogP contribution in [0.1, 0.15) is 35.5 Å². The molecule has 1 aromatic carbocycles. The zero-order valence-corrected chi connectivity index (χ0v) is 11.1. The number of nitrogens with two attached hydrogens (primary N) is 1. The second kappa shape index (κ2) is 5.19. The van der Waals surface area contributed by atoms with Crippen LogP contribution in [-0.2, 0) is 11.3 Å². The molecule has 1 aliphatic rings. The molecule has 2 aromatic rings. The number of rotatable bonds is 5. The number of ether oxygens (including phenoxy) is 1. The first-order valence-electron chi connectivity index (χ1n) is 6.67. The molecule has 0 aliphatic heterocycles. The third-order valence-corrected chi connectivity index (χ3v) is 3.83. The Bertz CT molecular complexity index is 535. The minimum Gasteiger partial charge on any atom is -0.462 e. The molecule has 2 N–H and O–H groups in total. The van der Waals surface area contributed by atoms with Gasteiger partial charge >= 0.3 is 0 Å². The van der Waals surface area contributed by atoms with Crippen molar-refractivity contribution in [3.8, 4) is 0 Å². The molecule has 3 nitrogen and oxygen atoms in total. The van der Waals surface area contributed by atoms with Crippen LogP contribution in [0, 0.1) is 5.92 Å². The highest BCUT2D eigenvalue weighted by Crippen LogP contribution is 2.53. The zero-order chi connectivity index (χ0) is 13.2. The maximum Gasteiger partial charge on any atom is 0.129 e. The van der Waals surface area contributed by atoms with Gasteiger partial charge in [-0.05, 0) is 36.0 Å². The second-order valence-corrected chi connectivity index (χ2v) is 5.18. The lowest BCUT2D eigenvalue weighted by atomic mass is 10.0. The molecule has 1 saturated carbocycles. The maximum atomic E-state index is 6.30. The van der Waals surface area contributed by atoms with Crippen molar-refractivity contribution in [2.24, 2.45) is 11.7 Å². The smallest absolute Gasteiger partial charge is 0.129 e. The molecule has 19 heavy (non-hydrogen) atoms. The van der Waals surface area contributed by atoms with E-state index in [1.54, 1.807) is 7.11 Å². The van der Waals surface area contributed by atoms with E-state index >= 15 is 0 Å². The van der Waals surface area contributed by atoms with Crippen LogP contribution in [0.5, 0.6) is 0 Å². The van der Waals surface area contributed by atoms with Gasteiger partial charge in [-0.2, -0.15) is 0 Å². The highest BCUT2D eigenvalue weighted by molar-refractivity contribution is 5.28. The van der Waals surface area contributed by atoms with E-state index in [0.717, 1.165) is 17.9 Å². The molecule has 1 aliphatic carbocycles. The van der Waals surface area contributed by atoms with Crippen molar-refractivity contribution in [3.05, 3.63) is 59.5 Å². The number of hydrogen-bond donors (Lipinski definition) is 1. The van der Waals surface area contributed by atoms with Gasteiger partial charge < -0.3 is 14.9 Å². The third-order valence-electron chi connectivity index (χ3n) is 3.83. The molecule has 0 bridgehead atoms. The summed E-state index contributed by atoms with van der Waals surface area (Å²) in [5, 5.41) is 0. The summed E-state index contributed by atoms with van der Waals surface area (Å²) in [4.78, 5) is 0. The van der Waals surface area contributed by atoms with E-state index in [2.05, 4.69) is 24.3 Å². The second-order valence-electron chi connectivity index (χ2n) is 5.18. The average Bonchev–Trinajstić information content (AvgIpc) is 3.12. The van der Waals surface area contributed by atoms with Gasteiger partial charge in [0.1, 0.15) is 18.1 Å². The summed E-state index contributed by atoms with van der Waals surface area (Å²) in [6.45, 7) is 0.500. The van der Waals surface area contributed by atoms with E-state index in [0.29, 0.717) is 18.4 Å². The fourth-order valence-electron chi connectivity index (χ4n) is 2.70. The van der Waals surface area contributed by atoms with E-state index in [9.17, 15) is 0 Å². The molecule has 0 spiro atoms. The Kier molecular flexibility index (Phi) is 3.40. The number of benzene rings is 1. The molecule has 3 unspecified atom stereocenters. The Morgan fingerprint density at radius 1 is 1.26 bits per heavy atom. The Hall–Kier alpha value is -1.58. The number of furan rings is 1. The van der Waals surface area contributed by atoms with Gasteiger partial charge in [0.25, 0.3) is 0 Å². The predicted octanol–water partition coefficient (Wildman–Crippen LogP) is 3.23. The SMILES string of the molecule is COCc1ccc(C(N)C2CC2c2ccccc2)o1. The fourth-order valence-corrected chi connectivity index (χ4v) is 2.70. The van der Waals surface area contributed by atoms with Crippen LogP contribution in [0.25, 0.3) is 0 Å². The fraction of sp³-hybridized carbons (Fsp3) is 0.375. The number of methoxy groups -OCH3 is 1. The third kappa shape index (κ3) is 2.57. The van der Waals surface area contributed by atoms with E-state index in [1.165, 1.54) is 5.56 Å². The normalized spacial score (nSPS) is 23.3. The first kappa shape index (κ1) is 12.5. The molecule has 0 saturated heterocycles. The van der Waals surface area contributed by atoms with Crippen molar-refractivity contribution in [3.63, 3.8) is 0 Å². The lowest BCUT2D eigenvalue weighted by molar-refractivity contribution is 0.161. The van der Waals surface area contributed by atoms with Gasteiger partial charge in [-0.25, -0.2) is 0 Å². The van der Waals surface area contributed by atoms with Crippen LogP contribution in [0.4, 0.5) is 0 Å². The van der Waals surface area contributed by atoms with Gasteiger partial charge in [-0.15, -0.1) is 0 Å². The molecular formula is C16H19NO2. The van der Waals surface area contributed by atoms with Crippen molar-refractivity contribution in [1.82, 2.24) is 0 Å². The summed E-state index contributed by atoms with van der Waals surface area (Å²) < 4.78 is 10.8. The predicted molar refractivity (Wildman–Crippen MR) is 73.6 cm³/mol. The zero-order valence-electron chi connectivity index (χ0n) is 11.1. The summed E-state index contributed by atoms with van der Waals surface area (Å²) in [5.74, 6) is 2.77. The Morgan fingerprint density at radius 2 is 2.05 bits per heavy atom. The Labute approximate surface area is 113 Å². The van der Waals surface area contributed by atoms with Gasteiger partial charge in [-0.1, -0.05) is 30.3 Å². The van der Waals surface area contributed by atoms with Gasteiger partial charge in [0, 0.05) is 7.11 Å². The molecule has 100 valence electrons. The van der Waals surface area contributed by atoms with E-state index in [4.69, 9.17) is 14.9 Å². The summed E-state index contributed by atoms with van der Waals surface area (Å²) in [7, 11) is 1.66. The van der Waals surface area contributed by atoms with Crippen molar-refractivity contribution in [2.75, 3.05) is 7.11 Å². The standard InChI is InChI=1S/C16H19NO2/c1-18-10-12-7-8-15(19-12)16(17)14-9-13(14)11-5-3-2-4-6-11/h2-8,13-14,16H,9-10,17H2,1H3. The first-order valence-corrected chi connectivity index (χ1v) is 6.67. The van der Waals surface area contributed by atoms with Crippen molar-refractivity contribution in [1.29, 1.82) is 0 Å². The van der Waals surface area contributed by atoms with Crippen LogP contribution in [-0.4, -0.2) is 7.11 Å². The summed E-state index contributed by atoms with van der Waals surface area (Å²) in [6, 6.07) is 14.5. The van der Waals surface area contributed by atoms with Crippen molar-refractivity contribution >= 4 is 0 Å². The summed E-state index contributed by atoms with van der Waals surface area (Å²) >= 11 is 0. The highest BCUT2D eigenvalue weighted by Gasteiger charge is 2.43. The molecule has 3 atom stereocenters. The minimum absolute atomic E-state index is 0.0178. The van der Waals surface area contributed by atoms with Crippen LogP contribution in [0.3, 0.4) is 0 Å². The van der Waals surface area contributed by atoms with Gasteiger partial charge in [0.15, 0.2) is 0 Å². The largest absolute Gasteiger partial charge is 0.462 e. The van der Waals surface area contributed by atoms with Crippen LogP contribution in [0.2, 0.25) is 0 Å². The molecule has 0 amide bonds. The molecule has 3 rings (SSSR count). The Balaban J connectivity index is 1.67. The van der Waals surface area contributed by atoms with Gasteiger partial charge in [-0.3, -0.25) is 0 Å². The molecule has 1 aromatic heterocycles. The molecule has 3 heteroatoms. The summed E-state index contributed by atoms with van der Waals surface area (Å²) in [6.07, 6.45) is 1.14. The van der Waals surface area contributed by atoms with Crippen LogP contribution in [0.15, 0.2) is 46.9 Å². The molecule has 0 radical (unpaired) electrons. The maximum absolute atomic E-state index is 6.30. The van der Waals surface area contributed by atoms with E-state index in [-0.39, 0.29) is 6.04 Å². The Morgan fingerprint density at radius 3 is 2.79 bits per heavy atom.